The molecule has 0 bridgehead atoms. The molecule has 1 heterocycles. The average Bonchev–Trinajstić information content (AvgIpc) is 1.94. The fourth-order valence-corrected chi connectivity index (χ4v) is 1.29. The normalized spacial score (nSPS) is 32.0. The Morgan fingerprint density at radius 2 is 2.27 bits per heavy atom. The lowest BCUT2D eigenvalue weighted by atomic mass is 10.1. The molecule has 0 aromatic rings. The molecule has 1 aliphatic heterocycles. The Kier molecular flexibility index (Phi) is 2.34. The van der Waals surface area contributed by atoms with Crippen molar-refractivity contribution in [1.82, 2.24) is 10.2 Å². The van der Waals surface area contributed by atoms with Crippen molar-refractivity contribution in [3.8, 4) is 0 Å². The van der Waals surface area contributed by atoms with E-state index in [9.17, 15) is 4.79 Å². The van der Waals surface area contributed by atoms with Crippen LogP contribution in [-0.4, -0.2) is 41.3 Å². The van der Waals surface area contributed by atoms with Gasteiger partial charge < -0.3 is 15.3 Å². The molecule has 11 heavy (non-hydrogen) atoms. The molecule has 64 valence electrons. The van der Waals surface area contributed by atoms with Crippen LogP contribution in [-0.2, 0) is 0 Å². The zero-order valence-corrected chi connectivity index (χ0v) is 6.87. The SMILES string of the molecule is C[C@H]1CN(C(=O)O)[C@@H](C)CN1. The first kappa shape index (κ1) is 8.33. The number of piperazine rings is 1. The van der Waals surface area contributed by atoms with E-state index < -0.39 is 6.09 Å². The molecule has 2 atom stereocenters. The van der Waals surface area contributed by atoms with E-state index in [-0.39, 0.29) is 12.1 Å². The van der Waals surface area contributed by atoms with E-state index in [1.165, 1.54) is 4.90 Å². The lowest BCUT2D eigenvalue weighted by Crippen LogP contribution is -2.55. The van der Waals surface area contributed by atoms with Crippen molar-refractivity contribution in [2.75, 3.05) is 13.1 Å². The summed E-state index contributed by atoms with van der Waals surface area (Å²) in [6.45, 7) is 5.25. The van der Waals surface area contributed by atoms with Gasteiger partial charge in [0.1, 0.15) is 0 Å². The maximum atomic E-state index is 10.6. The first-order chi connectivity index (χ1) is 5.11. The first-order valence-electron chi connectivity index (χ1n) is 3.84. The summed E-state index contributed by atoms with van der Waals surface area (Å²) in [6.07, 6.45) is -0.814. The Labute approximate surface area is 66.2 Å². The Morgan fingerprint density at radius 3 is 2.73 bits per heavy atom. The van der Waals surface area contributed by atoms with Gasteiger partial charge in [0, 0.05) is 25.2 Å². The molecule has 4 nitrogen and oxygen atoms in total. The van der Waals surface area contributed by atoms with Gasteiger partial charge in [-0.3, -0.25) is 0 Å². The molecule has 0 unspecified atom stereocenters. The van der Waals surface area contributed by atoms with E-state index in [1.807, 2.05) is 13.8 Å². The number of carboxylic acid groups (broad SMARTS) is 1. The summed E-state index contributed by atoms with van der Waals surface area (Å²) in [4.78, 5) is 12.1. The van der Waals surface area contributed by atoms with Gasteiger partial charge in [0.2, 0.25) is 0 Å². The van der Waals surface area contributed by atoms with Crippen molar-refractivity contribution in [2.45, 2.75) is 25.9 Å². The maximum absolute atomic E-state index is 10.6. The minimum atomic E-state index is -0.814. The van der Waals surface area contributed by atoms with Crippen molar-refractivity contribution in [1.29, 1.82) is 0 Å². The number of hydrogen-bond donors (Lipinski definition) is 2. The number of carbonyl (C=O) groups is 1. The van der Waals surface area contributed by atoms with Gasteiger partial charge >= 0.3 is 6.09 Å². The van der Waals surface area contributed by atoms with Crippen LogP contribution in [0.4, 0.5) is 4.79 Å². The molecular formula is C7H14N2O2. The van der Waals surface area contributed by atoms with Crippen molar-refractivity contribution < 1.29 is 9.90 Å². The van der Waals surface area contributed by atoms with Gasteiger partial charge in [-0.2, -0.15) is 0 Å². The lowest BCUT2D eigenvalue weighted by molar-refractivity contribution is 0.107. The summed E-state index contributed by atoms with van der Waals surface area (Å²) in [5.41, 5.74) is 0. The van der Waals surface area contributed by atoms with Crippen LogP contribution in [0.3, 0.4) is 0 Å². The van der Waals surface area contributed by atoms with E-state index in [4.69, 9.17) is 5.11 Å². The van der Waals surface area contributed by atoms with E-state index in [1.54, 1.807) is 0 Å². The number of nitrogens with zero attached hydrogens (tertiary/aromatic N) is 1. The number of hydrogen-bond acceptors (Lipinski definition) is 2. The van der Waals surface area contributed by atoms with Crippen molar-refractivity contribution in [2.24, 2.45) is 0 Å². The molecule has 0 aromatic carbocycles. The summed E-state index contributed by atoms with van der Waals surface area (Å²) in [5.74, 6) is 0. The van der Waals surface area contributed by atoms with Gasteiger partial charge in [0.05, 0.1) is 0 Å². The predicted molar refractivity (Wildman–Crippen MR) is 41.7 cm³/mol. The Balaban J connectivity index is 2.54. The minimum absolute atomic E-state index is 0.101. The number of amides is 1. The smallest absolute Gasteiger partial charge is 0.407 e. The van der Waals surface area contributed by atoms with E-state index in [0.29, 0.717) is 6.54 Å². The molecule has 2 N–H and O–H groups in total. The molecule has 1 amide bonds. The third-order valence-corrected chi connectivity index (χ3v) is 2.01. The molecule has 0 radical (unpaired) electrons. The summed E-state index contributed by atoms with van der Waals surface area (Å²) in [7, 11) is 0. The Bertz CT molecular complexity index is 161. The summed E-state index contributed by atoms with van der Waals surface area (Å²) in [6, 6.07) is 0.381. The van der Waals surface area contributed by atoms with Gasteiger partial charge in [-0.15, -0.1) is 0 Å². The molecule has 0 saturated carbocycles. The molecule has 1 rings (SSSR count). The van der Waals surface area contributed by atoms with Crippen LogP contribution in [0.25, 0.3) is 0 Å². The van der Waals surface area contributed by atoms with Crippen molar-refractivity contribution >= 4 is 6.09 Å². The quantitative estimate of drug-likeness (QED) is 0.534. The van der Waals surface area contributed by atoms with Crippen LogP contribution >= 0.6 is 0 Å². The molecule has 0 spiro atoms. The summed E-state index contributed by atoms with van der Waals surface area (Å²) < 4.78 is 0. The molecule has 0 aromatic heterocycles. The second-order valence-corrected chi connectivity index (χ2v) is 3.09. The van der Waals surface area contributed by atoms with Gasteiger partial charge in [-0.05, 0) is 13.8 Å². The highest BCUT2D eigenvalue weighted by atomic mass is 16.4. The van der Waals surface area contributed by atoms with Crippen molar-refractivity contribution in [3.05, 3.63) is 0 Å². The van der Waals surface area contributed by atoms with Crippen LogP contribution in [0, 0.1) is 0 Å². The van der Waals surface area contributed by atoms with Crippen LogP contribution < -0.4 is 5.32 Å². The average molecular weight is 158 g/mol. The van der Waals surface area contributed by atoms with E-state index in [2.05, 4.69) is 5.32 Å². The van der Waals surface area contributed by atoms with Crippen LogP contribution in [0.2, 0.25) is 0 Å². The molecule has 1 fully saturated rings. The van der Waals surface area contributed by atoms with Gasteiger partial charge in [0.15, 0.2) is 0 Å². The van der Waals surface area contributed by atoms with Crippen LogP contribution in [0.1, 0.15) is 13.8 Å². The summed E-state index contributed by atoms with van der Waals surface area (Å²) in [5, 5.41) is 11.9. The molecule has 1 aliphatic rings. The highest BCUT2D eigenvalue weighted by Gasteiger charge is 2.25. The van der Waals surface area contributed by atoms with Crippen LogP contribution in [0.15, 0.2) is 0 Å². The lowest BCUT2D eigenvalue weighted by Gasteiger charge is -2.35. The minimum Gasteiger partial charge on any atom is -0.465 e. The fourth-order valence-electron chi connectivity index (χ4n) is 1.29. The number of nitrogens with one attached hydrogen (secondary N) is 1. The topological polar surface area (TPSA) is 52.6 Å². The highest BCUT2D eigenvalue weighted by Crippen LogP contribution is 2.05. The monoisotopic (exact) mass is 158 g/mol. The van der Waals surface area contributed by atoms with Crippen LogP contribution in [0.5, 0.6) is 0 Å². The van der Waals surface area contributed by atoms with Gasteiger partial charge in [-0.1, -0.05) is 0 Å². The van der Waals surface area contributed by atoms with E-state index >= 15 is 0 Å². The highest BCUT2D eigenvalue weighted by molar-refractivity contribution is 5.65. The van der Waals surface area contributed by atoms with Gasteiger partial charge in [0.25, 0.3) is 0 Å². The summed E-state index contributed by atoms with van der Waals surface area (Å²) >= 11 is 0. The maximum Gasteiger partial charge on any atom is 0.407 e. The second-order valence-electron chi connectivity index (χ2n) is 3.09. The fraction of sp³-hybridized carbons (Fsp3) is 0.857. The Morgan fingerprint density at radius 1 is 1.64 bits per heavy atom. The predicted octanol–water partition coefficient (Wildman–Crippen LogP) is 0.347. The first-order valence-corrected chi connectivity index (χ1v) is 3.84. The standard InChI is InChI=1S/C7H14N2O2/c1-5-4-9(7(10)11)6(2)3-8-5/h5-6,8H,3-4H2,1-2H3,(H,10,11)/t5-,6-/m0/s1. The molecule has 4 heteroatoms. The van der Waals surface area contributed by atoms with Crippen molar-refractivity contribution in [3.63, 3.8) is 0 Å². The van der Waals surface area contributed by atoms with E-state index in [0.717, 1.165) is 6.54 Å². The second kappa shape index (κ2) is 3.09. The molecule has 0 aliphatic carbocycles. The Hall–Kier alpha value is -0.770. The zero-order chi connectivity index (χ0) is 8.43. The largest absolute Gasteiger partial charge is 0.465 e. The third kappa shape index (κ3) is 1.83. The molecular weight excluding hydrogens is 144 g/mol. The third-order valence-electron chi connectivity index (χ3n) is 2.01. The van der Waals surface area contributed by atoms with Gasteiger partial charge in [-0.25, -0.2) is 4.79 Å². The molecule has 1 saturated heterocycles. The zero-order valence-electron chi connectivity index (χ0n) is 6.87. The number of rotatable bonds is 0.